The van der Waals surface area contributed by atoms with Crippen LogP contribution < -0.4 is 0 Å². The summed E-state index contributed by atoms with van der Waals surface area (Å²) in [5.41, 5.74) is 0. The van der Waals surface area contributed by atoms with Gasteiger partial charge in [-0.1, -0.05) is 0 Å². The third-order valence-electron chi connectivity index (χ3n) is 1.23. The second kappa shape index (κ2) is 3.02. The molecule has 3 nitrogen and oxygen atoms in total. The molecule has 1 saturated heterocycles. The van der Waals surface area contributed by atoms with Crippen LogP contribution in [0.15, 0.2) is 0 Å². The summed E-state index contributed by atoms with van der Waals surface area (Å²) in [7, 11) is 1.69. The van der Waals surface area contributed by atoms with Crippen molar-refractivity contribution in [3.05, 3.63) is 0 Å². The van der Waals surface area contributed by atoms with E-state index in [1.54, 1.807) is 7.11 Å². The van der Waals surface area contributed by atoms with Gasteiger partial charge in [0.15, 0.2) is 0 Å². The number of morpholine rings is 1. The fraction of sp³-hybridized carbons (Fsp3) is 1.00. The van der Waals surface area contributed by atoms with Gasteiger partial charge in [0.1, 0.15) is 0 Å². The van der Waals surface area contributed by atoms with E-state index in [1.807, 2.05) is 5.06 Å². The van der Waals surface area contributed by atoms with Gasteiger partial charge in [0.25, 0.3) is 0 Å². The predicted octanol–water partition coefficient (Wildman–Crippen LogP) is -0.120. The highest BCUT2D eigenvalue weighted by Gasteiger charge is 2.07. The molecule has 0 atom stereocenters. The Balaban J connectivity index is 2.13. The lowest BCUT2D eigenvalue weighted by molar-refractivity contribution is -0.171. The van der Waals surface area contributed by atoms with E-state index in [2.05, 4.69) is 0 Å². The van der Waals surface area contributed by atoms with Gasteiger partial charge in [-0.15, -0.1) is 0 Å². The fourth-order valence-electron chi connectivity index (χ4n) is 0.729. The van der Waals surface area contributed by atoms with Crippen LogP contribution in [0.5, 0.6) is 0 Å². The highest BCUT2D eigenvalue weighted by Crippen LogP contribution is 1.94. The Morgan fingerprint density at radius 2 is 2.00 bits per heavy atom. The normalized spacial score (nSPS) is 23.6. The minimum absolute atomic E-state index is 0.799. The molecule has 0 unspecified atom stereocenters. The average Bonchev–Trinajstić information content (AvgIpc) is 1.90. The van der Waals surface area contributed by atoms with Crippen LogP contribution in [-0.2, 0) is 9.57 Å². The van der Waals surface area contributed by atoms with Crippen molar-refractivity contribution in [2.24, 2.45) is 0 Å². The number of hydrogen-bond acceptors (Lipinski definition) is 3. The van der Waals surface area contributed by atoms with Crippen molar-refractivity contribution >= 4 is 0 Å². The molecule has 1 fully saturated rings. The molecule has 0 aromatic heterocycles. The molecular formula is C5H11NO2. The van der Waals surface area contributed by atoms with E-state index in [0.29, 0.717) is 0 Å². The van der Waals surface area contributed by atoms with Crippen molar-refractivity contribution in [2.45, 2.75) is 0 Å². The lowest BCUT2D eigenvalue weighted by atomic mass is 10.5. The fourth-order valence-corrected chi connectivity index (χ4v) is 0.729. The number of hydrogen-bond donors (Lipinski definition) is 0. The molecule has 0 aromatic carbocycles. The third-order valence-corrected chi connectivity index (χ3v) is 1.23. The summed E-state index contributed by atoms with van der Waals surface area (Å²) in [4.78, 5) is 4.94. The maximum absolute atomic E-state index is 5.08. The smallest absolute Gasteiger partial charge is 0.0617 e. The number of nitrogens with zero attached hydrogens (tertiary/aromatic N) is 1. The highest BCUT2D eigenvalue weighted by molar-refractivity contribution is 4.50. The van der Waals surface area contributed by atoms with Crippen LogP contribution in [0.1, 0.15) is 0 Å². The zero-order chi connectivity index (χ0) is 5.82. The summed E-state index contributed by atoms with van der Waals surface area (Å²) < 4.78 is 5.08. The minimum atomic E-state index is 0.799. The topological polar surface area (TPSA) is 21.7 Å². The average molecular weight is 117 g/mol. The molecule has 0 spiro atoms. The summed E-state index contributed by atoms with van der Waals surface area (Å²) in [6.07, 6.45) is 0. The van der Waals surface area contributed by atoms with Crippen molar-refractivity contribution in [2.75, 3.05) is 33.4 Å². The Hall–Kier alpha value is -0.120. The van der Waals surface area contributed by atoms with Gasteiger partial charge in [-0.2, -0.15) is 5.06 Å². The second-order valence-corrected chi connectivity index (χ2v) is 1.72. The van der Waals surface area contributed by atoms with Crippen molar-refractivity contribution in [3.8, 4) is 0 Å². The number of rotatable bonds is 1. The molecule has 0 saturated carbocycles. The first-order valence-electron chi connectivity index (χ1n) is 2.80. The van der Waals surface area contributed by atoms with E-state index < -0.39 is 0 Å². The second-order valence-electron chi connectivity index (χ2n) is 1.72. The molecule has 8 heavy (non-hydrogen) atoms. The Morgan fingerprint density at radius 3 is 2.38 bits per heavy atom. The molecule has 48 valence electrons. The predicted molar refractivity (Wildman–Crippen MR) is 29.4 cm³/mol. The van der Waals surface area contributed by atoms with Gasteiger partial charge in [0.2, 0.25) is 0 Å². The first kappa shape index (κ1) is 6.01. The van der Waals surface area contributed by atoms with Crippen molar-refractivity contribution in [3.63, 3.8) is 0 Å². The van der Waals surface area contributed by atoms with Gasteiger partial charge in [-0.3, -0.25) is 0 Å². The lowest BCUT2D eigenvalue weighted by Crippen LogP contribution is -2.35. The minimum Gasteiger partial charge on any atom is -0.379 e. The molecule has 0 aromatic rings. The summed E-state index contributed by atoms with van der Waals surface area (Å²) >= 11 is 0. The van der Waals surface area contributed by atoms with Crippen molar-refractivity contribution < 1.29 is 9.57 Å². The van der Waals surface area contributed by atoms with E-state index in [1.165, 1.54) is 0 Å². The molecule has 3 heteroatoms. The molecule has 1 rings (SSSR count). The lowest BCUT2D eigenvalue weighted by Gasteiger charge is -2.23. The molecule has 0 N–H and O–H groups in total. The molecule has 1 aliphatic heterocycles. The van der Waals surface area contributed by atoms with Crippen LogP contribution in [0.25, 0.3) is 0 Å². The standard InChI is InChI=1S/C5H11NO2/c1-7-6-2-4-8-5-3-6/h2-5H2,1H3. The van der Waals surface area contributed by atoms with Gasteiger partial charge in [-0.25, -0.2) is 0 Å². The zero-order valence-corrected chi connectivity index (χ0v) is 5.09. The van der Waals surface area contributed by atoms with Crippen LogP contribution in [0.4, 0.5) is 0 Å². The van der Waals surface area contributed by atoms with Crippen molar-refractivity contribution in [1.82, 2.24) is 5.06 Å². The first-order chi connectivity index (χ1) is 3.93. The van der Waals surface area contributed by atoms with E-state index in [4.69, 9.17) is 9.57 Å². The summed E-state index contributed by atoms with van der Waals surface area (Å²) in [5, 5.41) is 1.89. The molecular weight excluding hydrogens is 106 g/mol. The Morgan fingerprint density at radius 1 is 1.38 bits per heavy atom. The van der Waals surface area contributed by atoms with Crippen LogP contribution >= 0.6 is 0 Å². The Bertz CT molecular complexity index is 61.4. The third kappa shape index (κ3) is 1.43. The van der Waals surface area contributed by atoms with Crippen LogP contribution in [-0.4, -0.2) is 38.5 Å². The van der Waals surface area contributed by atoms with E-state index >= 15 is 0 Å². The van der Waals surface area contributed by atoms with Gasteiger partial charge in [0.05, 0.1) is 20.3 Å². The summed E-state index contributed by atoms with van der Waals surface area (Å²) in [6, 6.07) is 0. The SMILES string of the molecule is CON1CCOCC1. The highest BCUT2D eigenvalue weighted by atomic mass is 16.7. The maximum Gasteiger partial charge on any atom is 0.0617 e. The van der Waals surface area contributed by atoms with E-state index in [9.17, 15) is 0 Å². The maximum atomic E-state index is 5.08. The van der Waals surface area contributed by atoms with Gasteiger partial charge < -0.3 is 9.57 Å². The summed E-state index contributed by atoms with van der Waals surface area (Å²) in [5.74, 6) is 0. The van der Waals surface area contributed by atoms with Gasteiger partial charge in [0, 0.05) is 13.1 Å². The van der Waals surface area contributed by atoms with E-state index in [0.717, 1.165) is 26.3 Å². The Kier molecular flexibility index (Phi) is 2.27. The van der Waals surface area contributed by atoms with Gasteiger partial charge >= 0.3 is 0 Å². The Labute approximate surface area is 49.1 Å². The van der Waals surface area contributed by atoms with Crippen molar-refractivity contribution in [1.29, 1.82) is 0 Å². The van der Waals surface area contributed by atoms with Crippen LogP contribution in [0.2, 0.25) is 0 Å². The molecule has 1 heterocycles. The molecule has 0 aliphatic carbocycles. The van der Waals surface area contributed by atoms with Crippen LogP contribution in [0, 0.1) is 0 Å². The molecule has 1 aliphatic rings. The number of hydroxylamine groups is 2. The monoisotopic (exact) mass is 117 g/mol. The van der Waals surface area contributed by atoms with E-state index in [-0.39, 0.29) is 0 Å². The quantitative estimate of drug-likeness (QED) is 0.478. The summed E-state index contributed by atoms with van der Waals surface area (Å²) in [6.45, 7) is 3.40. The van der Waals surface area contributed by atoms with Gasteiger partial charge in [-0.05, 0) is 0 Å². The first-order valence-corrected chi connectivity index (χ1v) is 2.80. The molecule has 0 bridgehead atoms. The van der Waals surface area contributed by atoms with Crippen LogP contribution in [0.3, 0.4) is 0 Å². The largest absolute Gasteiger partial charge is 0.379 e. The molecule has 0 radical (unpaired) electrons. The number of ether oxygens (including phenoxy) is 1. The zero-order valence-electron chi connectivity index (χ0n) is 5.09. The molecule has 0 amide bonds.